The third-order valence-corrected chi connectivity index (χ3v) is 6.15. The molecule has 2 amide bonds. The summed E-state index contributed by atoms with van der Waals surface area (Å²) in [6, 6.07) is 9.11. The molecule has 9 heteroatoms. The van der Waals surface area contributed by atoms with Gasteiger partial charge in [-0.15, -0.1) is 0 Å². The van der Waals surface area contributed by atoms with Gasteiger partial charge >= 0.3 is 0 Å². The summed E-state index contributed by atoms with van der Waals surface area (Å²) in [5.41, 5.74) is 3.53. The number of anilines is 1. The normalized spacial score (nSPS) is 14.3. The highest BCUT2D eigenvalue weighted by atomic mass is 16.5. The number of hydrogen-bond acceptors (Lipinski definition) is 6. The Morgan fingerprint density at radius 3 is 2.62 bits per heavy atom. The molecule has 1 saturated heterocycles. The Hall–Kier alpha value is -3.72. The minimum absolute atomic E-state index is 0.119. The van der Waals surface area contributed by atoms with Crippen LogP contribution in [0.1, 0.15) is 52.1 Å². The zero-order valence-electron chi connectivity index (χ0n) is 19.7. The number of fused-ring (bicyclic) bond motifs is 2. The zero-order chi connectivity index (χ0) is 24.0. The van der Waals surface area contributed by atoms with E-state index in [2.05, 4.69) is 10.4 Å². The average molecular weight is 462 g/mol. The van der Waals surface area contributed by atoms with Crippen molar-refractivity contribution < 1.29 is 18.7 Å². The van der Waals surface area contributed by atoms with Crippen LogP contribution in [0.25, 0.3) is 22.0 Å². The van der Waals surface area contributed by atoms with Crippen LogP contribution in [0.2, 0.25) is 0 Å². The summed E-state index contributed by atoms with van der Waals surface area (Å²) in [6.07, 6.45) is 0. The Labute approximate surface area is 196 Å². The summed E-state index contributed by atoms with van der Waals surface area (Å²) >= 11 is 0. The fourth-order valence-corrected chi connectivity index (χ4v) is 4.35. The summed E-state index contributed by atoms with van der Waals surface area (Å²) in [7, 11) is 1.82. The van der Waals surface area contributed by atoms with Gasteiger partial charge in [-0.2, -0.15) is 5.10 Å². The van der Waals surface area contributed by atoms with Crippen molar-refractivity contribution in [2.75, 3.05) is 31.6 Å². The summed E-state index contributed by atoms with van der Waals surface area (Å²) in [5, 5.41) is 8.82. The molecule has 1 fully saturated rings. The fraction of sp³-hybridized carbons (Fsp3) is 0.360. The maximum Gasteiger partial charge on any atom is 0.291 e. The number of furan rings is 1. The molecule has 4 heterocycles. The molecule has 0 radical (unpaired) electrons. The van der Waals surface area contributed by atoms with Crippen molar-refractivity contribution in [1.82, 2.24) is 19.7 Å². The first-order chi connectivity index (χ1) is 16.3. The highest BCUT2D eigenvalue weighted by molar-refractivity contribution is 6.18. The highest BCUT2D eigenvalue weighted by Gasteiger charge is 2.29. The van der Waals surface area contributed by atoms with E-state index in [1.807, 2.05) is 52.1 Å². The molecule has 0 bridgehead atoms. The molecular weight excluding hydrogens is 434 g/mol. The van der Waals surface area contributed by atoms with Gasteiger partial charge in [0.05, 0.1) is 29.9 Å². The van der Waals surface area contributed by atoms with Crippen molar-refractivity contribution in [3.8, 4) is 0 Å². The van der Waals surface area contributed by atoms with Gasteiger partial charge in [0.2, 0.25) is 5.76 Å². The van der Waals surface area contributed by atoms with E-state index in [0.29, 0.717) is 65.3 Å². The smallest absolute Gasteiger partial charge is 0.291 e. The highest BCUT2D eigenvalue weighted by Crippen LogP contribution is 2.33. The Bertz CT molecular complexity index is 1410. The fourth-order valence-electron chi connectivity index (χ4n) is 4.35. The number of nitrogens with one attached hydrogen (secondary N) is 1. The molecule has 5 rings (SSSR count). The Balaban J connectivity index is 1.61. The van der Waals surface area contributed by atoms with E-state index in [1.54, 1.807) is 15.6 Å². The van der Waals surface area contributed by atoms with Crippen molar-refractivity contribution in [3.05, 3.63) is 53.0 Å². The summed E-state index contributed by atoms with van der Waals surface area (Å²) in [6.45, 7) is 7.81. The molecule has 0 saturated carbocycles. The zero-order valence-corrected chi connectivity index (χ0v) is 19.7. The third-order valence-electron chi connectivity index (χ3n) is 6.15. The van der Waals surface area contributed by atoms with Crippen LogP contribution in [0.15, 0.2) is 34.7 Å². The number of carbonyl (C=O) groups is 2. The molecule has 0 spiro atoms. The molecule has 34 heavy (non-hydrogen) atoms. The summed E-state index contributed by atoms with van der Waals surface area (Å²) in [4.78, 5) is 33.4. The second kappa shape index (κ2) is 8.57. The lowest BCUT2D eigenvalue weighted by Gasteiger charge is -2.26. The lowest BCUT2D eigenvalue weighted by Crippen LogP contribution is -2.40. The van der Waals surface area contributed by atoms with Crippen LogP contribution in [0.5, 0.6) is 0 Å². The van der Waals surface area contributed by atoms with Crippen LogP contribution >= 0.6 is 0 Å². The summed E-state index contributed by atoms with van der Waals surface area (Å²) in [5.74, 6) is -0.365. The molecular formula is C25H27N5O4. The van der Waals surface area contributed by atoms with E-state index in [1.165, 1.54) is 0 Å². The topological polar surface area (TPSA) is 102 Å². The van der Waals surface area contributed by atoms with Gasteiger partial charge in [0, 0.05) is 31.2 Å². The molecule has 3 aromatic heterocycles. The van der Waals surface area contributed by atoms with Gasteiger partial charge < -0.3 is 19.4 Å². The minimum atomic E-state index is -0.340. The van der Waals surface area contributed by atoms with Gasteiger partial charge in [0.25, 0.3) is 11.8 Å². The van der Waals surface area contributed by atoms with E-state index in [0.717, 1.165) is 5.69 Å². The number of hydrogen-bond donors (Lipinski definition) is 1. The van der Waals surface area contributed by atoms with Crippen molar-refractivity contribution in [1.29, 1.82) is 0 Å². The van der Waals surface area contributed by atoms with Gasteiger partial charge in [-0.3, -0.25) is 14.3 Å². The lowest BCUT2D eigenvalue weighted by molar-refractivity contribution is 0.0285. The standard InChI is InChI=1S/C25H27N5O4/c1-14(2)18-13-17(20-15(3)28-29(4)23(20)26-18)24(31)27-21-16-7-5-6-8-19(16)34-22(21)25(32)30-9-11-33-12-10-30/h5-8,13-14H,9-12H2,1-4H3,(H,27,31). The average Bonchev–Trinajstić information content (AvgIpc) is 3.35. The van der Waals surface area contributed by atoms with Gasteiger partial charge in [0.15, 0.2) is 5.65 Å². The first kappa shape index (κ1) is 22.1. The number of aryl methyl sites for hydroxylation is 2. The monoisotopic (exact) mass is 461 g/mol. The van der Waals surface area contributed by atoms with Crippen molar-refractivity contribution in [3.63, 3.8) is 0 Å². The Morgan fingerprint density at radius 1 is 1.15 bits per heavy atom. The minimum Gasteiger partial charge on any atom is -0.449 e. The second-order valence-corrected chi connectivity index (χ2v) is 8.82. The number of morpholine rings is 1. The molecule has 1 aliphatic rings. The van der Waals surface area contributed by atoms with Crippen LogP contribution in [0.3, 0.4) is 0 Å². The van der Waals surface area contributed by atoms with Gasteiger partial charge in [-0.05, 0) is 31.0 Å². The first-order valence-electron chi connectivity index (χ1n) is 11.4. The van der Waals surface area contributed by atoms with E-state index in [4.69, 9.17) is 14.1 Å². The number of aromatic nitrogens is 3. The second-order valence-electron chi connectivity index (χ2n) is 8.82. The molecule has 1 aliphatic heterocycles. The number of carbonyl (C=O) groups excluding carboxylic acids is 2. The summed E-state index contributed by atoms with van der Waals surface area (Å²) < 4.78 is 13.0. The first-order valence-corrected chi connectivity index (χ1v) is 11.4. The molecule has 176 valence electrons. The molecule has 0 unspecified atom stereocenters. The number of ether oxygens (including phenoxy) is 1. The SMILES string of the molecule is Cc1nn(C)c2nc(C(C)C)cc(C(=O)Nc3c(C(=O)N4CCOCC4)oc4ccccc34)c12. The van der Waals surface area contributed by atoms with E-state index < -0.39 is 0 Å². The van der Waals surface area contributed by atoms with E-state index in [-0.39, 0.29) is 23.5 Å². The van der Waals surface area contributed by atoms with Gasteiger partial charge in [-0.25, -0.2) is 4.98 Å². The number of benzene rings is 1. The predicted octanol–water partition coefficient (Wildman–Crippen LogP) is 3.87. The van der Waals surface area contributed by atoms with Crippen molar-refractivity contribution in [2.24, 2.45) is 7.05 Å². The quantitative estimate of drug-likeness (QED) is 0.495. The van der Waals surface area contributed by atoms with E-state index >= 15 is 0 Å². The van der Waals surface area contributed by atoms with E-state index in [9.17, 15) is 9.59 Å². The van der Waals surface area contributed by atoms with Crippen LogP contribution in [0.4, 0.5) is 5.69 Å². The van der Waals surface area contributed by atoms with Gasteiger partial charge in [0.1, 0.15) is 11.3 Å². The van der Waals surface area contributed by atoms with Crippen LogP contribution < -0.4 is 5.32 Å². The van der Waals surface area contributed by atoms with Crippen LogP contribution in [-0.4, -0.2) is 57.8 Å². The third kappa shape index (κ3) is 3.71. The molecule has 0 aliphatic carbocycles. The van der Waals surface area contributed by atoms with Crippen LogP contribution in [0, 0.1) is 6.92 Å². The van der Waals surface area contributed by atoms with Crippen LogP contribution in [-0.2, 0) is 11.8 Å². The largest absolute Gasteiger partial charge is 0.449 e. The number of amides is 2. The maximum absolute atomic E-state index is 13.7. The molecule has 0 atom stereocenters. The Morgan fingerprint density at radius 2 is 1.88 bits per heavy atom. The Kier molecular flexibility index (Phi) is 5.57. The number of pyridine rings is 1. The lowest BCUT2D eigenvalue weighted by atomic mass is 10.0. The number of nitrogens with zero attached hydrogens (tertiary/aromatic N) is 4. The molecule has 9 nitrogen and oxygen atoms in total. The molecule has 1 N–H and O–H groups in total. The van der Waals surface area contributed by atoms with Gasteiger partial charge in [-0.1, -0.05) is 26.0 Å². The number of para-hydroxylation sites is 1. The van der Waals surface area contributed by atoms with Crippen molar-refractivity contribution in [2.45, 2.75) is 26.7 Å². The maximum atomic E-state index is 13.7. The molecule has 1 aromatic carbocycles. The molecule has 4 aromatic rings. The number of rotatable bonds is 4. The van der Waals surface area contributed by atoms with Crippen molar-refractivity contribution >= 4 is 39.5 Å². The predicted molar refractivity (Wildman–Crippen MR) is 128 cm³/mol.